The van der Waals surface area contributed by atoms with Crippen LogP contribution in [0.5, 0.6) is 0 Å². The predicted molar refractivity (Wildman–Crippen MR) is 85.0 cm³/mol. The summed E-state index contributed by atoms with van der Waals surface area (Å²) in [7, 11) is -3.40. The van der Waals surface area contributed by atoms with Crippen LogP contribution in [0.1, 0.15) is 43.2 Å². The molecule has 116 valence electrons. The summed E-state index contributed by atoms with van der Waals surface area (Å²) in [6.45, 7) is 2.52. The summed E-state index contributed by atoms with van der Waals surface area (Å²) in [5, 5.41) is 0. The summed E-state index contributed by atoms with van der Waals surface area (Å²) >= 11 is 5.92. The van der Waals surface area contributed by atoms with Gasteiger partial charge in [-0.05, 0) is 55.7 Å². The summed E-state index contributed by atoms with van der Waals surface area (Å²) in [6, 6.07) is 5.63. The molecule has 0 bridgehead atoms. The van der Waals surface area contributed by atoms with Crippen LogP contribution in [0.25, 0.3) is 0 Å². The average Bonchev–Trinajstić information content (AvgIpc) is 2.95. The minimum absolute atomic E-state index is 0.211. The molecule has 1 aromatic carbocycles. The van der Waals surface area contributed by atoms with Crippen molar-refractivity contribution < 1.29 is 8.42 Å². The molecule has 21 heavy (non-hydrogen) atoms. The van der Waals surface area contributed by atoms with Crippen LogP contribution in [0.15, 0.2) is 23.1 Å². The molecular weight excluding hydrogens is 306 g/mol. The molecule has 0 aromatic heterocycles. The van der Waals surface area contributed by atoms with Gasteiger partial charge in [0.15, 0.2) is 0 Å². The molecule has 5 heteroatoms. The highest BCUT2D eigenvalue weighted by Gasteiger charge is 2.41. The van der Waals surface area contributed by atoms with Gasteiger partial charge in [-0.25, -0.2) is 8.42 Å². The summed E-state index contributed by atoms with van der Waals surface area (Å²) in [6.07, 6.45) is 5.50. The van der Waals surface area contributed by atoms with Crippen LogP contribution in [-0.2, 0) is 15.9 Å². The third-order valence-corrected chi connectivity index (χ3v) is 7.43. The minimum Gasteiger partial charge on any atom is -0.207 e. The number of hydrogen-bond acceptors (Lipinski definition) is 2. The lowest BCUT2D eigenvalue weighted by molar-refractivity contribution is 0.202. The maximum atomic E-state index is 13.1. The molecule has 1 heterocycles. The molecule has 1 aliphatic carbocycles. The van der Waals surface area contributed by atoms with Gasteiger partial charge in [0, 0.05) is 18.5 Å². The largest absolute Gasteiger partial charge is 0.243 e. The van der Waals surface area contributed by atoms with E-state index in [1.165, 1.54) is 12.8 Å². The van der Waals surface area contributed by atoms with Crippen LogP contribution < -0.4 is 0 Å². The highest BCUT2D eigenvalue weighted by atomic mass is 35.5. The molecule has 1 saturated carbocycles. The van der Waals surface area contributed by atoms with E-state index >= 15 is 0 Å². The molecule has 1 aliphatic heterocycles. The number of rotatable bonds is 3. The van der Waals surface area contributed by atoms with Gasteiger partial charge < -0.3 is 0 Å². The number of nitrogens with zero attached hydrogens (tertiary/aromatic N) is 1. The number of hydrogen-bond donors (Lipinski definition) is 0. The van der Waals surface area contributed by atoms with Crippen molar-refractivity contribution in [3.63, 3.8) is 0 Å². The van der Waals surface area contributed by atoms with Gasteiger partial charge in [-0.15, -0.1) is 11.6 Å². The van der Waals surface area contributed by atoms with Crippen LogP contribution in [-0.4, -0.2) is 25.3 Å². The first-order valence-electron chi connectivity index (χ1n) is 7.72. The van der Waals surface area contributed by atoms with Crippen molar-refractivity contribution in [1.29, 1.82) is 0 Å². The summed E-state index contributed by atoms with van der Waals surface area (Å²) in [4.78, 5) is 0.438. The molecule has 1 aromatic rings. The fraction of sp³-hybridized carbons (Fsp3) is 0.625. The summed E-state index contributed by atoms with van der Waals surface area (Å²) in [5.41, 5.74) is 1.70. The van der Waals surface area contributed by atoms with Crippen molar-refractivity contribution in [3.8, 4) is 0 Å². The lowest BCUT2D eigenvalue weighted by Gasteiger charge is -2.37. The second-order valence-electron chi connectivity index (χ2n) is 6.19. The first-order valence-corrected chi connectivity index (χ1v) is 9.69. The van der Waals surface area contributed by atoms with Crippen molar-refractivity contribution >= 4 is 21.6 Å². The van der Waals surface area contributed by atoms with Gasteiger partial charge in [-0.2, -0.15) is 4.31 Å². The van der Waals surface area contributed by atoms with Crippen LogP contribution in [0, 0.1) is 12.8 Å². The van der Waals surface area contributed by atoms with Gasteiger partial charge in [-0.1, -0.05) is 18.6 Å². The van der Waals surface area contributed by atoms with Gasteiger partial charge in [-0.3, -0.25) is 0 Å². The van der Waals surface area contributed by atoms with Crippen molar-refractivity contribution in [2.75, 3.05) is 6.54 Å². The molecule has 3 nitrogen and oxygen atoms in total. The van der Waals surface area contributed by atoms with E-state index in [0.717, 1.165) is 30.4 Å². The van der Waals surface area contributed by atoms with Gasteiger partial charge in [0.25, 0.3) is 0 Å². The number of halogens is 1. The van der Waals surface area contributed by atoms with E-state index in [4.69, 9.17) is 11.6 Å². The van der Waals surface area contributed by atoms with Crippen LogP contribution in [0.2, 0.25) is 0 Å². The molecule has 2 unspecified atom stereocenters. The second-order valence-corrected chi connectivity index (χ2v) is 8.32. The Labute approximate surface area is 132 Å². The van der Waals surface area contributed by atoms with Crippen molar-refractivity contribution in [2.45, 2.75) is 55.8 Å². The second kappa shape index (κ2) is 5.90. The zero-order valence-electron chi connectivity index (χ0n) is 12.4. The molecule has 0 amide bonds. The number of benzene rings is 1. The number of piperidine rings is 1. The molecule has 2 fully saturated rings. The molecule has 3 rings (SSSR count). The molecule has 0 spiro atoms. The number of sulfonamides is 1. The van der Waals surface area contributed by atoms with E-state index in [1.807, 2.05) is 13.0 Å². The van der Waals surface area contributed by atoms with Crippen molar-refractivity contribution in [1.82, 2.24) is 4.31 Å². The number of alkyl halides is 1. The van der Waals surface area contributed by atoms with E-state index in [9.17, 15) is 8.42 Å². The highest BCUT2D eigenvalue weighted by Crippen LogP contribution is 2.40. The normalized spacial score (nSPS) is 26.8. The monoisotopic (exact) mass is 327 g/mol. The zero-order valence-corrected chi connectivity index (χ0v) is 14.0. The van der Waals surface area contributed by atoms with Gasteiger partial charge in [0.05, 0.1) is 4.90 Å². The van der Waals surface area contributed by atoms with Crippen LogP contribution in [0.3, 0.4) is 0 Å². The first kappa shape index (κ1) is 15.3. The number of fused-ring (bicyclic) bond motifs is 1. The molecule has 1 saturated heterocycles. The van der Waals surface area contributed by atoms with E-state index in [0.29, 0.717) is 23.2 Å². The van der Waals surface area contributed by atoms with Gasteiger partial charge in [0.1, 0.15) is 0 Å². The van der Waals surface area contributed by atoms with E-state index < -0.39 is 10.0 Å². The predicted octanol–water partition coefficient (Wildman–Crippen LogP) is 3.69. The fourth-order valence-corrected chi connectivity index (χ4v) is 6.23. The Kier molecular flexibility index (Phi) is 4.30. The summed E-state index contributed by atoms with van der Waals surface area (Å²) < 4.78 is 28.0. The van der Waals surface area contributed by atoms with Crippen LogP contribution in [0.4, 0.5) is 0 Å². The lowest BCUT2D eigenvalue weighted by Crippen LogP contribution is -2.46. The smallest absolute Gasteiger partial charge is 0.207 e. The average molecular weight is 328 g/mol. The molecule has 2 aliphatic rings. The van der Waals surface area contributed by atoms with Crippen molar-refractivity contribution in [3.05, 3.63) is 29.3 Å². The van der Waals surface area contributed by atoms with Gasteiger partial charge in [0.2, 0.25) is 10.0 Å². The third-order valence-electron chi connectivity index (χ3n) is 5.07. The maximum Gasteiger partial charge on any atom is 0.243 e. The topological polar surface area (TPSA) is 37.4 Å². The Hall–Kier alpha value is -0.580. The SMILES string of the molecule is Cc1c(CCl)cccc1S(=O)(=O)N1CCCC2CCCC21. The lowest BCUT2D eigenvalue weighted by atomic mass is 9.94. The Morgan fingerprint density at radius 2 is 2.00 bits per heavy atom. The van der Waals surface area contributed by atoms with Gasteiger partial charge >= 0.3 is 0 Å². The molecular formula is C16H22ClNO2S. The molecule has 0 radical (unpaired) electrons. The fourth-order valence-electron chi connectivity index (χ4n) is 3.92. The Morgan fingerprint density at radius 3 is 2.76 bits per heavy atom. The minimum atomic E-state index is -3.40. The highest BCUT2D eigenvalue weighted by molar-refractivity contribution is 7.89. The van der Waals surface area contributed by atoms with Crippen molar-refractivity contribution in [2.24, 2.45) is 5.92 Å². The third kappa shape index (κ3) is 2.62. The van der Waals surface area contributed by atoms with E-state index in [-0.39, 0.29) is 6.04 Å². The zero-order chi connectivity index (χ0) is 15.0. The molecule has 2 atom stereocenters. The maximum absolute atomic E-state index is 13.1. The first-order chi connectivity index (χ1) is 10.1. The summed E-state index contributed by atoms with van der Waals surface area (Å²) in [5.74, 6) is 0.909. The quantitative estimate of drug-likeness (QED) is 0.794. The van der Waals surface area contributed by atoms with E-state index in [2.05, 4.69) is 0 Å². The Bertz CT molecular complexity index is 629. The standard InChI is InChI=1S/C16H22ClNO2S/c1-12-14(11-17)6-3-9-16(12)21(19,20)18-10-4-7-13-5-2-8-15(13)18/h3,6,9,13,15H,2,4-5,7-8,10-11H2,1H3. The molecule has 0 N–H and O–H groups in total. The van der Waals surface area contributed by atoms with Crippen LogP contribution >= 0.6 is 11.6 Å². The Balaban J connectivity index is 2.00. The Morgan fingerprint density at radius 1 is 1.24 bits per heavy atom. The van der Waals surface area contributed by atoms with E-state index in [1.54, 1.807) is 16.4 Å².